The highest BCUT2D eigenvalue weighted by Crippen LogP contribution is 2.22. The molecule has 3 nitrogen and oxygen atoms in total. The minimum absolute atomic E-state index is 0.252. The summed E-state index contributed by atoms with van der Waals surface area (Å²) in [5, 5.41) is 2.50. The number of hydrogen-bond acceptors (Lipinski definition) is 3. The maximum Gasteiger partial charge on any atom is 0.494 e. The fourth-order valence-electron chi connectivity index (χ4n) is 2.30. The Balaban J connectivity index is 2.02. The zero-order valence-electron chi connectivity index (χ0n) is 9.56. The van der Waals surface area contributed by atoms with E-state index in [0.29, 0.717) is 19.8 Å². The van der Waals surface area contributed by atoms with Crippen LogP contribution in [-0.2, 0) is 15.9 Å². The summed E-state index contributed by atoms with van der Waals surface area (Å²) in [5.74, 6) is 0. The third-order valence-electron chi connectivity index (χ3n) is 3.10. The molecule has 1 aliphatic rings. The highest BCUT2D eigenvalue weighted by molar-refractivity contribution is 6.63. The van der Waals surface area contributed by atoms with Gasteiger partial charge in [0, 0.05) is 13.2 Å². The molecule has 0 aromatic heterocycles. The summed E-state index contributed by atoms with van der Waals surface area (Å²) in [6, 6.07) is 12.5. The van der Waals surface area contributed by atoms with Crippen molar-refractivity contribution in [3.8, 4) is 0 Å². The predicted octanol–water partition coefficient (Wildman–Crippen LogP) is 1.04. The van der Waals surface area contributed by atoms with Gasteiger partial charge in [0.15, 0.2) is 0 Å². The van der Waals surface area contributed by atoms with Crippen molar-refractivity contribution in [1.29, 1.82) is 0 Å². The van der Waals surface area contributed by atoms with Gasteiger partial charge in [-0.1, -0.05) is 36.4 Å². The molecule has 2 N–H and O–H groups in total. The Bertz CT molecular complexity index is 544. The smallest absolute Gasteiger partial charge is 0.406 e. The first-order valence-corrected chi connectivity index (χ1v) is 5.84. The number of hydrogen-bond donors (Lipinski definition) is 1. The lowest BCUT2D eigenvalue weighted by molar-refractivity contribution is 0.216. The van der Waals surface area contributed by atoms with E-state index in [1.807, 2.05) is 6.07 Å². The van der Waals surface area contributed by atoms with Gasteiger partial charge in [0.2, 0.25) is 0 Å². The monoisotopic (exact) mass is 227 g/mol. The first kappa shape index (κ1) is 10.8. The van der Waals surface area contributed by atoms with Crippen LogP contribution in [0.3, 0.4) is 0 Å². The Kier molecular flexibility index (Phi) is 2.85. The highest BCUT2D eigenvalue weighted by Gasteiger charge is 2.31. The van der Waals surface area contributed by atoms with E-state index in [4.69, 9.17) is 15.0 Å². The van der Waals surface area contributed by atoms with Crippen molar-refractivity contribution in [2.45, 2.75) is 6.61 Å². The van der Waals surface area contributed by atoms with Crippen molar-refractivity contribution in [2.24, 2.45) is 5.73 Å². The number of rotatable bonds is 3. The largest absolute Gasteiger partial charge is 0.494 e. The van der Waals surface area contributed by atoms with E-state index in [2.05, 4.69) is 30.3 Å². The van der Waals surface area contributed by atoms with Crippen molar-refractivity contribution < 1.29 is 9.31 Å². The molecule has 0 radical (unpaired) electrons. The Morgan fingerprint density at radius 1 is 1.24 bits per heavy atom. The van der Waals surface area contributed by atoms with Crippen LogP contribution >= 0.6 is 0 Å². The van der Waals surface area contributed by atoms with Crippen LogP contribution < -0.4 is 11.2 Å². The van der Waals surface area contributed by atoms with Crippen molar-refractivity contribution in [2.75, 3.05) is 13.2 Å². The van der Waals surface area contributed by atoms with Crippen LogP contribution in [0.1, 0.15) is 5.56 Å². The summed E-state index contributed by atoms with van der Waals surface area (Å²) in [5.41, 5.74) is 7.81. The number of fused-ring (bicyclic) bond motifs is 3. The van der Waals surface area contributed by atoms with Crippen LogP contribution in [0.4, 0.5) is 0 Å². The van der Waals surface area contributed by atoms with E-state index >= 15 is 0 Å². The summed E-state index contributed by atoms with van der Waals surface area (Å²) < 4.78 is 11.2. The summed E-state index contributed by atoms with van der Waals surface area (Å²) in [4.78, 5) is 0. The van der Waals surface area contributed by atoms with Crippen molar-refractivity contribution in [1.82, 2.24) is 0 Å². The summed E-state index contributed by atoms with van der Waals surface area (Å²) in [6.07, 6.45) is 0. The van der Waals surface area contributed by atoms with Crippen LogP contribution in [0, 0.1) is 0 Å². The van der Waals surface area contributed by atoms with Gasteiger partial charge in [0.1, 0.15) is 0 Å². The van der Waals surface area contributed by atoms with E-state index in [0.717, 1.165) is 5.46 Å². The third-order valence-corrected chi connectivity index (χ3v) is 3.10. The molecule has 0 spiro atoms. The zero-order valence-corrected chi connectivity index (χ0v) is 9.56. The maximum atomic E-state index is 5.66. The van der Waals surface area contributed by atoms with Gasteiger partial charge in [0.05, 0.1) is 6.61 Å². The average molecular weight is 227 g/mol. The van der Waals surface area contributed by atoms with E-state index in [1.165, 1.54) is 16.3 Å². The molecule has 1 aliphatic heterocycles. The lowest BCUT2D eigenvalue weighted by atomic mass is 9.77. The summed E-state index contributed by atoms with van der Waals surface area (Å²) >= 11 is 0. The molecule has 4 heteroatoms. The Morgan fingerprint density at radius 3 is 3.00 bits per heavy atom. The second-order valence-electron chi connectivity index (χ2n) is 4.16. The predicted molar refractivity (Wildman–Crippen MR) is 69.1 cm³/mol. The van der Waals surface area contributed by atoms with Gasteiger partial charge in [0.25, 0.3) is 0 Å². The molecule has 17 heavy (non-hydrogen) atoms. The van der Waals surface area contributed by atoms with Crippen LogP contribution in [0.15, 0.2) is 36.4 Å². The minimum Gasteiger partial charge on any atom is -0.406 e. The van der Waals surface area contributed by atoms with Gasteiger partial charge in [-0.05, 0) is 21.8 Å². The molecule has 0 fully saturated rings. The molecular formula is C13H14BNO2. The summed E-state index contributed by atoms with van der Waals surface area (Å²) in [7, 11) is -0.252. The standard InChI is InChI=1S/C13H14BNO2/c15-7-8-16-14-13-6-5-10-3-1-2-4-11(10)12(13)9-17-14/h1-6H,7-9,15H2. The number of nitrogens with two attached hydrogens (primary N) is 1. The molecule has 0 aliphatic carbocycles. The topological polar surface area (TPSA) is 44.5 Å². The molecule has 0 amide bonds. The van der Waals surface area contributed by atoms with Gasteiger partial charge in [-0.3, -0.25) is 0 Å². The van der Waals surface area contributed by atoms with Gasteiger partial charge >= 0.3 is 7.12 Å². The number of benzene rings is 2. The van der Waals surface area contributed by atoms with E-state index in [-0.39, 0.29) is 7.12 Å². The van der Waals surface area contributed by atoms with Gasteiger partial charge in [-0.15, -0.1) is 0 Å². The van der Waals surface area contributed by atoms with Crippen LogP contribution in [-0.4, -0.2) is 20.3 Å². The van der Waals surface area contributed by atoms with Crippen molar-refractivity contribution in [3.05, 3.63) is 42.0 Å². The van der Waals surface area contributed by atoms with E-state index < -0.39 is 0 Å². The molecule has 0 atom stereocenters. The van der Waals surface area contributed by atoms with Crippen LogP contribution in [0.5, 0.6) is 0 Å². The Labute approximate surface area is 101 Å². The lowest BCUT2D eigenvalue weighted by Gasteiger charge is -2.07. The first-order valence-electron chi connectivity index (χ1n) is 5.84. The fraction of sp³-hybridized carbons (Fsp3) is 0.231. The highest BCUT2D eigenvalue weighted by atomic mass is 16.6. The molecule has 0 bridgehead atoms. The fourth-order valence-corrected chi connectivity index (χ4v) is 2.30. The van der Waals surface area contributed by atoms with Crippen LogP contribution in [0.2, 0.25) is 0 Å². The average Bonchev–Trinajstić information content (AvgIpc) is 2.80. The van der Waals surface area contributed by atoms with Gasteiger partial charge in [-0.25, -0.2) is 0 Å². The van der Waals surface area contributed by atoms with Crippen molar-refractivity contribution in [3.63, 3.8) is 0 Å². The molecule has 0 unspecified atom stereocenters. The van der Waals surface area contributed by atoms with Crippen LogP contribution in [0.25, 0.3) is 10.8 Å². The van der Waals surface area contributed by atoms with Crippen molar-refractivity contribution >= 4 is 23.4 Å². The molecule has 3 rings (SSSR count). The molecule has 0 saturated carbocycles. The molecular weight excluding hydrogens is 213 g/mol. The lowest BCUT2D eigenvalue weighted by Crippen LogP contribution is -2.33. The van der Waals surface area contributed by atoms with Gasteiger partial charge < -0.3 is 15.0 Å². The maximum absolute atomic E-state index is 5.66. The molecule has 86 valence electrons. The normalized spacial score (nSPS) is 14.3. The first-order chi connectivity index (χ1) is 8.40. The van der Waals surface area contributed by atoms with Gasteiger partial charge in [-0.2, -0.15) is 0 Å². The van der Waals surface area contributed by atoms with E-state index in [1.54, 1.807) is 0 Å². The zero-order chi connectivity index (χ0) is 11.7. The Morgan fingerprint density at radius 2 is 2.12 bits per heavy atom. The minimum atomic E-state index is -0.252. The molecule has 0 saturated heterocycles. The second-order valence-corrected chi connectivity index (χ2v) is 4.16. The molecule has 2 aromatic carbocycles. The third kappa shape index (κ3) is 1.84. The molecule has 1 heterocycles. The quantitative estimate of drug-likeness (QED) is 0.796. The summed E-state index contributed by atoms with van der Waals surface area (Å²) in [6.45, 7) is 1.66. The Hall–Kier alpha value is -1.36. The second kappa shape index (κ2) is 4.49. The SMILES string of the molecule is NCCOB1OCc2c1ccc1ccccc21. The van der Waals surface area contributed by atoms with E-state index in [9.17, 15) is 0 Å². The molecule has 2 aromatic rings.